The maximum Gasteiger partial charge on any atom is 0.258 e. The lowest BCUT2D eigenvalue weighted by Gasteiger charge is -2.39. The van der Waals surface area contributed by atoms with Crippen LogP contribution < -0.4 is 10.1 Å². The number of amides is 2. The van der Waals surface area contributed by atoms with Crippen LogP contribution in [-0.2, 0) is 22.6 Å². The summed E-state index contributed by atoms with van der Waals surface area (Å²) in [5, 5.41) is 2.88. The highest BCUT2D eigenvalue weighted by atomic mass is 16.5. The first kappa shape index (κ1) is 22.6. The van der Waals surface area contributed by atoms with Crippen molar-refractivity contribution in [2.75, 3.05) is 13.2 Å². The van der Waals surface area contributed by atoms with Crippen LogP contribution >= 0.6 is 0 Å². The Kier molecular flexibility index (Phi) is 7.08. The molecule has 0 fully saturated rings. The fourth-order valence-electron chi connectivity index (χ4n) is 4.24. The van der Waals surface area contributed by atoms with Gasteiger partial charge in [0, 0.05) is 19.0 Å². The van der Waals surface area contributed by atoms with Crippen molar-refractivity contribution in [1.82, 2.24) is 10.2 Å². The lowest BCUT2D eigenvalue weighted by atomic mass is 9.87. The summed E-state index contributed by atoms with van der Waals surface area (Å²) in [7, 11) is 0. The molecule has 1 heterocycles. The molecule has 0 bridgehead atoms. The van der Waals surface area contributed by atoms with Crippen LogP contribution in [0.5, 0.6) is 5.75 Å². The Hall–Kier alpha value is -3.60. The van der Waals surface area contributed by atoms with Crippen molar-refractivity contribution in [2.24, 2.45) is 5.92 Å². The van der Waals surface area contributed by atoms with E-state index < -0.39 is 0 Å². The van der Waals surface area contributed by atoms with E-state index in [2.05, 4.69) is 23.5 Å². The predicted octanol–water partition coefficient (Wildman–Crippen LogP) is 4.51. The van der Waals surface area contributed by atoms with Crippen molar-refractivity contribution in [3.05, 3.63) is 101 Å². The number of carbonyl (C=O) groups is 2. The number of nitrogens with zero attached hydrogens (tertiary/aromatic N) is 1. The van der Waals surface area contributed by atoms with E-state index in [0.717, 1.165) is 23.1 Å². The number of carbonyl (C=O) groups excluding carboxylic acids is 2. The van der Waals surface area contributed by atoms with E-state index in [9.17, 15) is 9.59 Å². The molecule has 1 N–H and O–H groups in total. The third kappa shape index (κ3) is 5.43. The van der Waals surface area contributed by atoms with Crippen molar-refractivity contribution in [3.63, 3.8) is 0 Å². The van der Waals surface area contributed by atoms with Gasteiger partial charge in [0.15, 0.2) is 6.61 Å². The molecule has 0 aliphatic carbocycles. The molecule has 0 radical (unpaired) electrons. The molecule has 5 heteroatoms. The summed E-state index contributed by atoms with van der Waals surface area (Å²) >= 11 is 0. The van der Waals surface area contributed by atoms with Gasteiger partial charge in [-0.25, -0.2) is 0 Å². The molecule has 1 aliphatic heterocycles. The maximum atomic E-state index is 13.0. The molecule has 1 unspecified atom stereocenters. The Morgan fingerprint density at radius 1 is 1.00 bits per heavy atom. The van der Waals surface area contributed by atoms with Gasteiger partial charge in [-0.3, -0.25) is 9.59 Å². The molecule has 170 valence electrons. The molecular formula is C28H30N2O3. The van der Waals surface area contributed by atoms with Gasteiger partial charge in [-0.15, -0.1) is 0 Å². The summed E-state index contributed by atoms with van der Waals surface area (Å²) < 4.78 is 5.83. The second-order valence-electron chi connectivity index (χ2n) is 8.66. The second-order valence-corrected chi connectivity index (χ2v) is 8.66. The van der Waals surface area contributed by atoms with Crippen LogP contribution in [-0.4, -0.2) is 29.9 Å². The summed E-state index contributed by atoms with van der Waals surface area (Å²) in [4.78, 5) is 27.3. The van der Waals surface area contributed by atoms with Gasteiger partial charge in [0.1, 0.15) is 5.75 Å². The largest absolute Gasteiger partial charge is 0.484 e. The molecule has 4 rings (SSSR count). The zero-order chi connectivity index (χ0) is 23.2. The summed E-state index contributed by atoms with van der Waals surface area (Å²) in [6, 6.07) is 25.7. The zero-order valence-corrected chi connectivity index (χ0v) is 19.2. The molecule has 1 aliphatic rings. The average molecular weight is 443 g/mol. The van der Waals surface area contributed by atoms with Gasteiger partial charge in [0.2, 0.25) is 5.91 Å². The fourth-order valence-corrected chi connectivity index (χ4v) is 4.24. The van der Waals surface area contributed by atoms with Gasteiger partial charge < -0.3 is 15.0 Å². The molecule has 0 saturated carbocycles. The third-order valence-corrected chi connectivity index (χ3v) is 5.94. The summed E-state index contributed by atoms with van der Waals surface area (Å²) in [5.74, 6) is 0.516. The number of hydrogen-bond acceptors (Lipinski definition) is 3. The molecule has 5 nitrogen and oxygen atoms in total. The summed E-state index contributed by atoms with van der Waals surface area (Å²) in [6.07, 6.45) is 0.801. The monoisotopic (exact) mass is 442 g/mol. The molecule has 3 aromatic carbocycles. The average Bonchev–Trinajstić information content (AvgIpc) is 2.86. The lowest BCUT2D eigenvalue weighted by molar-refractivity contribution is -0.136. The number of ether oxygens (including phenoxy) is 1. The first-order valence-corrected chi connectivity index (χ1v) is 11.4. The lowest BCUT2D eigenvalue weighted by Crippen LogP contribution is -2.42. The van der Waals surface area contributed by atoms with E-state index in [1.54, 1.807) is 0 Å². The van der Waals surface area contributed by atoms with Gasteiger partial charge >= 0.3 is 0 Å². The molecule has 0 saturated heterocycles. The highest BCUT2D eigenvalue weighted by Crippen LogP contribution is 2.37. The molecule has 33 heavy (non-hydrogen) atoms. The Morgan fingerprint density at radius 3 is 2.39 bits per heavy atom. The smallest absolute Gasteiger partial charge is 0.258 e. The topological polar surface area (TPSA) is 58.6 Å². The first-order valence-electron chi connectivity index (χ1n) is 11.4. The summed E-state index contributed by atoms with van der Waals surface area (Å²) in [5.41, 5.74) is 4.38. The van der Waals surface area contributed by atoms with E-state index in [1.807, 2.05) is 79.4 Å². The van der Waals surface area contributed by atoms with Gasteiger partial charge in [-0.2, -0.15) is 0 Å². The Labute approximate surface area is 195 Å². The molecule has 2 amide bonds. The third-order valence-electron chi connectivity index (χ3n) is 5.94. The van der Waals surface area contributed by atoms with Crippen LogP contribution in [0.3, 0.4) is 0 Å². The maximum absolute atomic E-state index is 13.0. The number of nitrogens with one attached hydrogen (secondary N) is 1. The van der Waals surface area contributed by atoms with Crippen LogP contribution in [0.25, 0.3) is 0 Å². The number of rotatable bonds is 7. The highest BCUT2D eigenvalue weighted by molar-refractivity contribution is 5.80. The van der Waals surface area contributed by atoms with E-state index >= 15 is 0 Å². The van der Waals surface area contributed by atoms with Crippen molar-refractivity contribution >= 4 is 11.8 Å². The van der Waals surface area contributed by atoms with E-state index in [0.29, 0.717) is 18.8 Å². The van der Waals surface area contributed by atoms with Crippen LogP contribution in [0.15, 0.2) is 78.9 Å². The van der Waals surface area contributed by atoms with Crippen molar-refractivity contribution in [2.45, 2.75) is 32.9 Å². The minimum absolute atomic E-state index is 0.0593. The molecule has 1 atom stereocenters. The van der Waals surface area contributed by atoms with Crippen molar-refractivity contribution in [1.29, 1.82) is 0 Å². The minimum atomic E-state index is -0.173. The number of fused-ring (bicyclic) bond motifs is 1. The van der Waals surface area contributed by atoms with Crippen LogP contribution in [0.1, 0.15) is 42.1 Å². The van der Waals surface area contributed by atoms with Gasteiger partial charge in [0.05, 0.1) is 6.04 Å². The highest BCUT2D eigenvalue weighted by Gasteiger charge is 2.33. The Balaban J connectivity index is 1.51. The van der Waals surface area contributed by atoms with Gasteiger partial charge in [-0.05, 0) is 40.8 Å². The quantitative estimate of drug-likeness (QED) is 0.586. The molecule has 3 aromatic rings. The number of benzene rings is 3. The normalized spacial score (nSPS) is 15.1. The molecule has 0 aromatic heterocycles. The minimum Gasteiger partial charge on any atom is -0.484 e. The van der Waals surface area contributed by atoms with Crippen molar-refractivity contribution < 1.29 is 14.3 Å². The van der Waals surface area contributed by atoms with E-state index in [4.69, 9.17) is 4.74 Å². The van der Waals surface area contributed by atoms with E-state index in [-0.39, 0.29) is 30.4 Å². The number of hydrogen-bond donors (Lipinski definition) is 1. The van der Waals surface area contributed by atoms with Crippen molar-refractivity contribution in [3.8, 4) is 5.75 Å². The van der Waals surface area contributed by atoms with Gasteiger partial charge in [0.25, 0.3) is 5.91 Å². The Bertz CT molecular complexity index is 1100. The first-order chi connectivity index (χ1) is 16.0. The standard InChI is InChI=1S/C28H30N2O3/c1-20(2)28(32)30-16-15-22-13-14-24(17-25(22)27(30)23-11-7-4-8-12-23)33-19-26(31)29-18-21-9-5-3-6-10-21/h3-14,17,20,27H,15-16,18-19H2,1-2H3,(H,29,31). The zero-order valence-electron chi connectivity index (χ0n) is 19.2. The van der Waals surface area contributed by atoms with Crippen LogP contribution in [0.4, 0.5) is 0 Å². The molecule has 0 spiro atoms. The van der Waals surface area contributed by atoms with Crippen LogP contribution in [0, 0.1) is 5.92 Å². The van der Waals surface area contributed by atoms with E-state index in [1.165, 1.54) is 5.56 Å². The summed E-state index contributed by atoms with van der Waals surface area (Å²) in [6.45, 7) is 4.97. The Morgan fingerprint density at radius 2 is 1.70 bits per heavy atom. The van der Waals surface area contributed by atoms with Gasteiger partial charge in [-0.1, -0.05) is 80.6 Å². The molecular weight excluding hydrogens is 412 g/mol. The predicted molar refractivity (Wildman–Crippen MR) is 129 cm³/mol. The SMILES string of the molecule is CC(C)C(=O)N1CCc2ccc(OCC(=O)NCc3ccccc3)cc2C1c1ccccc1. The second kappa shape index (κ2) is 10.3. The van der Waals surface area contributed by atoms with Crippen LogP contribution in [0.2, 0.25) is 0 Å². The fraction of sp³-hybridized carbons (Fsp3) is 0.286.